The van der Waals surface area contributed by atoms with Gasteiger partial charge in [0.05, 0.1) is 23.7 Å². The fourth-order valence-electron chi connectivity index (χ4n) is 5.47. The van der Waals surface area contributed by atoms with Gasteiger partial charge in [-0.25, -0.2) is 9.80 Å². The van der Waals surface area contributed by atoms with Gasteiger partial charge in [-0.2, -0.15) is 5.01 Å². The average molecular weight is 526 g/mol. The fourth-order valence-corrected chi connectivity index (χ4v) is 5.47. The van der Waals surface area contributed by atoms with E-state index in [1.807, 2.05) is 30.6 Å². The van der Waals surface area contributed by atoms with Gasteiger partial charge in [0.25, 0.3) is 11.8 Å². The largest absolute Gasteiger partial charge is 0.343 e. The van der Waals surface area contributed by atoms with Crippen LogP contribution in [0.2, 0.25) is 0 Å². The van der Waals surface area contributed by atoms with Crippen molar-refractivity contribution in [2.24, 2.45) is 0 Å². The Morgan fingerprint density at radius 3 is 2.08 bits per heavy atom. The zero-order valence-corrected chi connectivity index (χ0v) is 21.2. The van der Waals surface area contributed by atoms with Gasteiger partial charge in [-0.1, -0.05) is 18.2 Å². The van der Waals surface area contributed by atoms with E-state index in [1.165, 1.54) is 0 Å². The van der Waals surface area contributed by atoms with Crippen LogP contribution in [0.5, 0.6) is 0 Å². The molecular weight excluding hydrogens is 498 g/mol. The molecule has 0 atom stereocenters. The molecular formula is C28H27N7O4. The quantitative estimate of drug-likeness (QED) is 0.485. The normalized spacial score (nSPS) is 18.6. The highest BCUT2D eigenvalue weighted by Gasteiger charge is 2.43. The molecule has 0 unspecified atom stereocenters. The van der Waals surface area contributed by atoms with Crippen LogP contribution < -0.4 is 5.32 Å². The number of hydrogen-bond acceptors (Lipinski definition) is 8. The summed E-state index contributed by atoms with van der Waals surface area (Å²) in [6.45, 7) is 3.95. The predicted octanol–water partition coefficient (Wildman–Crippen LogP) is 1.84. The summed E-state index contributed by atoms with van der Waals surface area (Å²) in [5.74, 6) is -1.54. The molecule has 11 nitrogen and oxygen atoms in total. The number of nitrogens with one attached hydrogen (secondary N) is 1. The van der Waals surface area contributed by atoms with Gasteiger partial charge < -0.3 is 0 Å². The van der Waals surface area contributed by atoms with Crippen LogP contribution in [0.1, 0.15) is 49.9 Å². The molecule has 198 valence electrons. The van der Waals surface area contributed by atoms with E-state index in [4.69, 9.17) is 0 Å². The lowest BCUT2D eigenvalue weighted by molar-refractivity contribution is -0.122. The maximum Gasteiger partial charge on any atom is 0.343 e. The van der Waals surface area contributed by atoms with Crippen molar-refractivity contribution in [2.45, 2.75) is 19.0 Å². The molecule has 3 aliphatic rings. The van der Waals surface area contributed by atoms with Crippen LogP contribution in [0.4, 0.5) is 4.79 Å². The van der Waals surface area contributed by atoms with Gasteiger partial charge in [-0.05, 0) is 41.0 Å². The first kappa shape index (κ1) is 24.8. The minimum Gasteiger partial charge on any atom is -0.297 e. The Morgan fingerprint density at radius 2 is 1.46 bits per heavy atom. The zero-order chi connectivity index (χ0) is 26.9. The van der Waals surface area contributed by atoms with Crippen LogP contribution in [0.15, 0.2) is 67.3 Å². The number of carbonyl (C=O) groups excluding carboxylic acids is 4. The smallest absolute Gasteiger partial charge is 0.297 e. The minimum absolute atomic E-state index is 0.0215. The second-order valence-electron chi connectivity index (χ2n) is 9.82. The molecule has 1 N–H and O–H groups in total. The number of fused-ring (bicyclic) bond motifs is 1. The summed E-state index contributed by atoms with van der Waals surface area (Å²) in [4.78, 5) is 63.2. The van der Waals surface area contributed by atoms with Gasteiger partial charge in [0.15, 0.2) is 0 Å². The minimum atomic E-state index is -0.769. The SMILES string of the molecule is O=C1CCN(N2C(=O)c3ccc(CN4CCN(C(c5cccnc5)c5cccnc5)CC4)cc3C2=O)C(=O)N1. The molecule has 11 heteroatoms. The summed E-state index contributed by atoms with van der Waals surface area (Å²) in [7, 11) is 0. The summed E-state index contributed by atoms with van der Waals surface area (Å²) in [5.41, 5.74) is 3.69. The first-order valence-electron chi connectivity index (χ1n) is 12.9. The van der Waals surface area contributed by atoms with Crippen molar-refractivity contribution in [3.63, 3.8) is 0 Å². The van der Waals surface area contributed by atoms with E-state index in [2.05, 4.69) is 37.2 Å². The van der Waals surface area contributed by atoms with Crippen molar-refractivity contribution in [3.8, 4) is 0 Å². The zero-order valence-electron chi connectivity index (χ0n) is 21.2. The van der Waals surface area contributed by atoms with E-state index in [9.17, 15) is 19.2 Å². The van der Waals surface area contributed by atoms with Crippen molar-refractivity contribution in [3.05, 3.63) is 95.1 Å². The number of hydrogen-bond donors (Lipinski definition) is 1. The van der Waals surface area contributed by atoms with Gasteiger partial charge in [-0.15, -0.1) is 0 Å². The number of rotatable bonds is 6. The molecule has 2 aromatic heterocycles. The Balaban J connectivity index is 1.14. The van der Waals surface area contributed by atoms with Crippen LogP contribution in [0.3, 0.4) is 0 Å². The highest BCUT2D eigenvalue weighted by molar-refractivity contribution is 6.22. The maximum absolute atomic E-state index is 13.1. The number of benzene rings is 1. The first-order chi connectivity index (χ1) is 19.0. The Bertz CT molecular complexity index is 1380. The number of nitrogens with zero attached hydrogens (tertiary/aromatic N) is 6. The van der Waals surface area contributed by atoms with Crippen LogP contribution in [0.25, 0.3) is 0 Å². The summed E-state index contributed by atoms with van der Waals surface area (Å²) < 4.78 is 0. The molecule has 3 aromatic rings. The Labute approximate surface area is 225 Å². The van der Waals surface area contributed by atoms with Gasteiger partial charge in [0.1, 0.15) is 0 Å². The molecule has 2 fully saturated rings. The number of imide groups is 2. The Hall–Kier alpha value is -4.48. The lowest BCUT2D eigenvalue weighted by atomic mass is 9.99. The van der Waals surface area contributed by atoms with Crippen LogP contribution >= 0.6 is 0 Å². The third kappa shape index (κ3) is 4.77. The summed E-state index contributed by atoms with van der Waals surface area (Å²) >= 11 is 0. The molecule has 0 aliphatic carbocycles. The third-order valence-electron chi connectivity index (χ3n) is 7.38. The second-order valence-corrected chi connectivity index (χ2v) is 9.82. The van der Waals surface area contributed by atoms with Gasteiger partial charge in [-0.3, -0.25) is 39.5 Å². The van der Waals surface area contributed by atoms with E-state index < -0.39 is 23.8 Å². The summed E-state index contributed by atoms with van der Waals surface area (Å²) in [6, 6.07) is 12.6. The third-order valence-corrected chi connectivity index (χ3v) is 7.38. The standard InChI is InChI=1S/C28H27N7O4/c36-24-7-10-34(28(39)31-24)35-26(37)22-6-5-19(15-23(22)27(35)38)18-32-11-13-33(14-12-32)25(20-3-1-8-29-16-20)21-4-2-9-30-17-21/h1-6,8-9,15-17,25H,7,10-14,18H2,(H,31,36,39). The van der Waals surface area contributed by atoms with Gasteiger partial charge in [0, 0.05) is 63.9 Å². The Kier molecular flexibility index (Phi) is 6.59. The van der Waals surface area contributed by atoms with E-state index in [0.29, 0.717) is 6.54 Å². The van der Waals surface area contributed by atoms with Gasteiger partial charge in [0.2, 0.25) is 5.91 Å². The monoisotopic (exact) mass is 525 g/mol. The average Bonchev–Trinajstić information content (AvgIpc) is 3.20. The summed E-state index contributed by atoms with van der Waals surface area (Å²) in [6.07, 6.45) is 7.39. The number of hydrazine groups is 1. The number of piperazine rings is 1. The van der Waals surface area contributed by atoms with Crippen molar-refractivity contribution < 1.29 is 19.2 Å². The van der Waals surface area contributed by atoms with Crippen molar-refractivity contribution in [1.82, 2.24) is 35.1 Å². The van der Waals surface area contributed by atoms with Crippen molar-refractivity contribution in [2.75, 3.05) is 32.7 Å². The molecule has 5 heterocycles. The fraction of sp³-hybridized carbons (Fsp3) is 0.286. The molecule has 0 bridgehead atoms. The molecule has 3 aliphatic heterocycles. The first-order valence-corrected chi connectivity index (χ1v) is 12.9. The predicted molar refractivity (Wildman–Crippen MR) is 139 cm³/mol. The lowest BCUT2D eigenvalue weighted by Crippen LogP contribution is -2.58. The van der Waals surface area contributed by atoms with Crippen molar-refractivity contribution in [1.29, 1.82) is 0 Å². The van der Waals surface area contributed by atoms with E-state index in [0.717, 1.165) is 52.9 Å². The molecule has 1 aromatic carbocycles. The van der Waals surface area contributed by atoms with E-state index in [1.54, 1.807) is 24.5 Å². The van der Waals surface area contributed by atoms with Crippen molar-refractivity contribution >= 4 is 23.8 Å². The lowest BCUT2D eigenvalue weighted by Gasteiger charge is -2.39. The highest BCUT2D eigenvalue weighted by atomic mass is 16.2. The summed E-state index contributed by atoms with van der Waals surface area (Å²) in [5, 5.41) is 4.00. The molecule has 6 rings (SSSR count). The number of carbonyl (C=O) groups is 4. The molecule has 39 heavy (non-hydrogen) atoms. The number of pyridine rings is 2. The van der Waals surface area contributed by atoms with E-state index >= 15 is 0 Å². The number of amides is 5. The number of aromatic nitrogens is 2. The highest BCUT2D eigenvalue weighted by Crippen LogP contribution is 2.30. The van der Waals surface area contributed by atoms with Crippen LogP contribution in [0, 0.1) is 0 Å². The molecule has 2 saturated heterocycles. The molecule has 5 amide bonds. The molecule has 0 radical (unpaired) electrons. The second kappa shape index (κ2) is 10.4. The topological polar surface area (TPSA) is 119 Å². The molecule has 0 saturated carbocycles. The van der Waals surface area contributed by atoms with E-state index in [-0.39, 0.29) is 30.1 Å². The van der Waals surface area contributed by atoms with Crippen LogP contribution in [-0.4, -0.2) is 86.3 Å². The number of urea groups is 1. The Morgan fingerprint density at radius 1 is 0.795 bits per heavy atom. The molecule has 0 spiro atoms. The van der Waals surface area contributed by atoms with Gasteiger partial charge >= 0.3 is 6.03 Å². The van der Waals surface area contributed by atoms with Crippen LogP contribution in [-0.2, 0) is 11.3 Å². The maximum atomic E-state index is 13.1.